The second-order valence-corrected chi connectivity index (χ2v) is 5.49. The van der Waals surface area contributed by atoms with Gasteiger partial charge in [0.05, 0.1) is 0 Å². The molecule has 0 heterocycles. The maximum absolute atomic E-state index is 13.6. The molecule has 112 valence electrons. The lowest BCUT2D eigenvalue weighted by molar-refractivity contribution is 0.302. The van der Waals surface area contributed by atoms with Crippen molar-refractivity contribution in [3.63, 3.8) is 0 Å². The van der Waals surface area contributed by atoms with Crippen LogP contribution in [0.5, 0.6) is 5.75 Å². The maximum Gasteiger partial charge on any atom is 0.127 e. The van der Waals surface area contributed by atoms with Crippen LogP contribution in [0.25, 0.3) is 0 Å². The van der Waals surface area contributed by atoms with Crippen molar-refractivity contribution >= 4 is 0 Å². The summed E-state index contributed by atoms with van der Waals surface area (Å²) in [6.45, 7) is 7.33. The number of nitrogens with one attached hydrogen (secondary N) is 1. The number of aryl methyl sites for hydroxylation is 3. The van der Waals surface area contributed by atoms with E-state index in [0.717, 1.165) is 5.56 Å². The molecule has 0 fully saturated rings. The van der Waals surface area contributed by atoms with E-state index in [2.05, 4.69) is 38.2 Å². The van der Waals surface area contributed by atoms with Crippen molar-refractivity contribution in [3.8, 4) is 5.75 Å². The van der Waals surface area contributed by atoms with Crippen molar-refractivity contribution in [2.24, 2.45) is 0 Å². The summed E-state index contributed by atoms with van der Waals surface area (Å²) in [5.74, 6) is 0.301. The monoisotopic (exact) mass is 287 g/mol. The van der Waals surface area contributed by atoms with E-state index in [4.69, 9.17) is 4.74 Å². The van der Waals surface area contributed by atoms with Crippen LogP contribution in [0, 0.1) is 26.6 Å². The van der Waals surface area contributed by atoms with Crippen LogP contribution in [-0.2, 0) is 13.2 Å². The lowest BCUT2D eigenvalue weighted by atomic mass is 10.0. The maximum atomic E-state index is 13.6. The van der Waals surface area contributed by atoms with Gasteiger partial charge >= 0.3 is 0 Å². The number of benzene rings is 2. The molecule has 0 aliphatic heterocycles. The Morgan fingerprint density at radius 1 is 1.00 bits per heavy atom. The molecule has 2 nitrogen and oxygen atoms in total. The molecular formula is C18H22FNO. The van der Waals surface area contributed by atoms with Crippen molar-refractivity contribution in [1.82, 2.24) is 5.32 Å². The Morgan fingerprint density at radius 2 is 1.67 bits per heavy atom. The number of halogens is 1. The minimum atomic E-state index is -0.268. The highest BCUT2D eigenvalue weighted by atomic mass is 19.1. The Hall–Kier alpha value is -1.87. The van der Waals surface area contributed by atoms with Crippen LogP contribution in [0.4, 0.5) is 4.39 Å². The normalized spacial score (nSPS) is 10.7. The largest absolute Gasteiger partial charge is 0.489 e. The van der Waals surface area contributed by atoms with Crippen LogP contribution < -0.4 is 10.1 Å². The smallest absolute Gasteiger partial charge is 0.127 e. The van der Waals surface area contributed by atoms with Crippen molar-refractivity contribution in [3.05, 3.63) is 64.0 Å². The van der Waals surface area contributed by atoms with Gasteiger partial charge in [-0.3, -0.25) is 0 Å². The van der Waals surface area contributed by atoms with Gasteiger partial charge < -0.3 is 10.1 Å². The molecule has 21 heavy (non-hydrogen) atoms. The van der Waals surface area contributed by atoms with Gasteiger partial charge in [0.1, 0.15) is 18.2 Å². The van der Waals surface area contributed by atoms with E-state index in [0.29, 0.717) is 18.9 Å². The molecule has 0 aromatic heterocycles. The number of hydrogen-bond donors (Lipinski definition) is 1. The molecular weight excluding hydrogens is 265 g/mol. The Labute approximate surface area is 126 Å². The second-order valence-electron chi connectivity index (χ2n) is 5.49. The van der Waals surface area contributed by atoms with Gasteiger partial charge in [-0.05, 0) is 62.2 Å². The first-order chi connectivity index (χ1) is 9.99. The lowest BCUT2D eigenvalue weighted by Gasteiger charge is -2.13. The molecule has 0 radical (unpaired) electrons. The molecule has 0 aliphatic rings. The predicted octanol–water partition coefficient (Wildman–Crippen LogP) is 4.05. The topological polar surface area (TPSA) is 21.3 Å². The fraction of sp³-hybridized carbons (Fsp3) is 0.333. The van der Waals surface area contributed by atoms with Gasteiger partial charge in [0.25, 0.3) is 0 Å². The van der Waals surface area contributed by atoms with Crippen molar-refractivity contribution in [2.75, 3.05) is 7.05 Å². The van der Waals surface area contributed by atoms with Gasteiger partial charge in [0, 0.05) is 12.6 Å². The average Bonchev–Trinajstić information content (AvgIpc) is 2.37. The third-order valence-electron chi connectivity index (χ3n) is 3.54. The minimum absolute atomic E-state index is 0.268. The third-order valence-corrected chi connectivity index (χ3v) is 3.54. The zero-order valence-corrected chi connectivity index (χ0v) is 13.1. The molecule has 0 aliphatic carbocycles. The van der Waals surface area contributed by atoms with E-state index in [1.165, 1.54) is 34.4 Å². The summed E-state index contributed by atoms with van der Waals surface area (Å²) < 4.78 is 19.4. The molecule has 0 atom stereocenters. The highest BCUT2D eigenvalue weighted by Gasteiger charge is 2.06. The van der Waals surface area contributed by atoms with Gasteiger partial charge in [0.15, 0.2) is 0 Å². The van der Waals surface area contributed by atoms with Gasteiger partial charge in [0.2, 0.25) is 0 Å². The highest BCUT2D eigenvalue weighted by Crippen LogP contribution is 2.21. The molecule has 2 rings (SSSR count). The number of hydrogen-bond acceptors (Lipinski definition) is 2. The van der Waals surface area contributed by atoms with Crippen molar-refractivity contribution in [2.45, 2.75) is 33.9 Å². The first-order valence-electron chi connectivity index (χ1n) is 7.13. The average molecular weight is 287 g/mol. The van der Waals surface area contributed by atoms with Crippen LogP contribution in [0.15, 0.2) is 30.3 Å². The zero-order valence-electron chi connectivity index (χ0n) is 13.1. The van der Waals surface area contributed by atoms with E-state index < -0.39 is 0 Å². The number of rotatable bonds is 5. The summed E-state index contributed by atoms with van der Waals surface area (Å²) in [7, 11) is 1.84. The van der Waals surface area contributed by atoms with Crippen LogP contribution >= 0.6 is 0 Å². The summed E-state index contributed by atoms with van der Waals surface area (Å²) in [5, 5.41) is 3.01. The summed E-state index contributed by atoms with van der Waals surface area (Å²) in [6.07, 6.45) is 0. The highest BCUT2D eigenvalue weighted by molar-refractivity contribution is 5.38. The summed E-state index contributed by atoms with van der Waals surface area (Å²) in [5.41, 5.74) is 5.71. The van der Waals surface area contributed by atoms with Crippen molar-refractivity contribution < 1.29 is 9.13 Å². The van der Waals surface area contributed by atoms with Gasteiger partial charge in [-0.15, -0.1) is 0 Å². The van der Waals surface area contributed by atoms with E-state index in [-0.39, 0.29) is 5.82 Å². The molecule has 0 saturated heterocycles. The summed E-state index contributed by atoms with van der Waals surface area (Å²) >= 11 is 0. The van der Waals surface area contributed by atoms with E-state index >= 15 is 0 Å². The first kappa shape index (κ1) is 15.5. The van der Waals surface area contributed by atoms with Crippen LogP contribution in [-0.4, -0.2) is 7.05 Å². The molecule has 0 spiro atoms. The Balaban J connectivity index is 2.17. The molecule has 0 bridgehead atoms. The molecule has 0 saturated carbocycles. The molecule has 3 heteroatoms. The minimum Gasteiger partial charge on any atom is -0.489 e. The van der Waals surface area contributed by atoms with E-state index in [1.54, 1.807) is 0 Å². The molecule has 0 unspecified atom stereocenters. The zero-order chi connectivity index (χ0) is 15.4. The standard InChI is InChI=1S/C18H22FNO/c1-12-5-13(2)18(14(3)6-12)11-21-17-8-15(10-20-4)7-16(19)9-17/h5-9,20H,10-11H2,1-4H3. The SMILES string of the molecule is CNCc1cc(F)cc(OCc2c(C)cc(C)cc2C)c1. The van der Waals surface area contributed by atoms with Gasteiger partial charge in [-0.1, -0.05) is 17.7 Å². The molecule has 2 aromatic carbocycles. The van der Waals surface area contributed by atoms with Crippen molar-refractivity contribution in [1.29, 1.82) is 0 Å². The molecule has 0 amide bonds. The quantitative estimate of drug-likeness (QED) is 0.895. The van der Waals surface area contributed by atoms with Crippen LogP contribution in [0.3, 0.4) is 0 Å². The second kappa shape index (κ2) is 6.72. The first-order valence-corrected chi connectivity index (χ1v) is 7.13. The third kappa shape index (κ3) is 4.05. The van der Waals surface area contributed by atoms with Crippen LogP contribution in [0.1, 0.15) is 27.8 Å². The summed E-state index contributed by atoms with van der Waals surface area (Å²) in [6, 6.07) is 9.11. The lowest BCUT2D eigenvalue weighted by Crippen LogP contribution is -2.06. The predicted molar refractivity (Wildman–Crippen MR) is 84.1 cm³/mol. The van der Waals surface area contributed by atoms with Gasteiger partial charge in [-0.2, -0.15) is 0 Å². The Bertz CT molecular complexity index is 614. The fourth-order valence-electron chi connectivity index (χ4n) is 2.60. The van der Waals surface area contributed by atoms with Crippen LogP contribution in [0.2, 0.25) is 0 Å². The fourth-order valence-corrected chi connectivity index (χ4v) is 2.60. The Kier molecular flexibility index (Phi) is 4.97. The van der Waals surface area contributed by atoms with E-state index in [1.807, 2.05) is 13.1 Å². The number of ether oxygens (including phenoxy) is 1. The summed E-state index contributed by atoms with van der Waals surface area (Å²) in [4.78, 5) is 0. The van der Waals surface area contributed by atoms with E-state index in [9.17, 15) is 4.39 Å². The van der Waals surface area contributed by atoms with Gasteiger partial charge in [-0.25, -0.2) is 4.39 Å². The molecule has 2 aromatic rings. The Morgan fingerprint density at radius 3 is 2.29 bits per heavy atom. The molecule has 1 N–H and O–H groups in total.